The Hall–Kier alpha value is -1.53. The van der Waals surface area contributed by atoms with Crippen LogP contribution in [0.15, 0.2) is 24.3 Å². The molecule has 2 rings (SSSR count). The number of allylic oxidation sites excluding steroid dienone is 3. The van der Waals surface area contributed by atoms with E-state index in [2.05, 4.69) is 31.3 Å². The first-order chi connectivity index (χ1) is 38.6. The summed E-state index contributed by atoms with van der Waals surface area (Å²) in [6.07, 6.45) is 45.2. The molecular formula is C65H123NO13. The molecule has 1 amide bonds. The highest BCUT2D eigenvalue weighted by Gasteiger charge is 2.51. The Balaban J connectivity index is 1.70. The lowest BCUT2D eigenvalue weighted by Gasteiger charge is -2.46. The number of hydrogen-bond acceptors (Lipinski definition) is 13. The van der Waals surface area contributed by atoms with Crippen LogP contribution in [0.25, 0.3) is 0 Å². The third kappa shape index (κ3) is 36.0. The molecule has 0 aliphatic carbocycles. The van der Waals surface area contributed by atoms with Gasteiger partial charge in [0.05, 0.1) is 32.0 Å². The Labute approximate surface area is 481 Å². The zero-order chi connectivity index (χ0) is 57.4. The lowest BCUT2D eigenvalue weighted by atomic mass is 9.97. The molecule has 14 nitrogen and oxygen atoms in total. The molecule has 0 aromatic carbocycles. The number of rotatable bonds is 54. The SMILES string of the molecule is CCCCCCCCCCCCCC/C=C/CC/C=C/C(O)C(COC1OC(CO)C(OC2OC(CO)C(O)C(O)C2O)C(O)C1O)NC(=O)CCCCCCCCCCCCCCCCCCCCCCCCCCCCC. The van der Waals surface area contributed by atoms with Crippen molar-refractivity contribution >= 4 is 5.91 Å². The number of amides is 1. The Morgan fingerprint density at radius 3 is 1.24 bits per heavy atom. The van der Waals surface area contributed by atoms with E-state index in [4.69, 9.17) is 18.9 Å². The normalized spacial score (nSPS) is 24.5. The third-order valence-electron chi connectivity index (χ3n) is 16.4. The van der Waals surface area contributed by atoms with Gasteiger partial charge in [0.2, 0.25) is 5.91 Å². The molecule has 0 saturated carbocycles. The number of aliphatic hydroxyl groups is 8. The molecule has 12 atom stereocenters. The van der Waals surface area contributed by atoms with Crippen LogP contribution in [0.3, 0.4) is 0 Å². The van der Waals surface area contributed by atoms with Crippen LogP contribution in [0, 0.1) is 0 Å². The number of ether oxygens (including phenoxy) is 4. The Morgan fingerprint density at radius 1 is 0.443 bits per heavy atom. The summed E-state index contributed by atoms with van der Waals surface area (Å²) in [4.78, 5) is 13.3. The minimum Gasteiger partial charge on any atom is -0.394 e. The van der Waals surface area contributed by atoms with Crippen LogP contribution >= 0.6 is 0 Å². The van der Waals surface area contributed by atoms with E-state index in [-0.39, 0.29) is 18.9 Å². The molecule has 2 heterocycles. The van der Waals surface area contributed by atoms with E-state index in [1.807, 2.05) is 6.08 Å². The summed E-state index contributed by atoms with van der Waals surface area (Å²) in [7, 11) is 0. The van der Waals surface area contributed by atoms with Gasteiger partial charge in [0.25, 0.3) is 0 Å². The average molecular weight is 1130 g/mol. The van der Waals surface area contributed by atoms with E-state index in [1.165, 1.54) is 225 Å². The zero-order valence-corrected chi connectivity index (χ0v) is 50.4. The van der Waals surface area contributed by atoms with E-state index in [9.17, 15) is 45.6 Å². The molecule has 0 bridgehead atoms. The van der Waals surface area contributed by atoms with Gasteiger partial charge in [-0.25, -0.2) is 0 Å². The van der Waals surface area contributed by atoms with Crippen LogP contribution in [0.2, 0.25) is 0 Å². The Morgan fingerprint density at radius 2 is 0.810 bits per heavy atom. The van der Waals surface area contributed by atoms with Gasteiger partial charge in [-0.3, -0.25) is 4.79 Å². The van der Waals surface area contributed by atoms with Crippen molar-refractivity contribution in [2.45, 2.75) is 364 Å². The molecular weight excluding hydrogens is 1000 g/mol. The van der Waals surface area contributed by atoms with Crippen molar-refractivity contribution in [3.05, 3.63) is 24.3 Å². The van der Waals surface area contributed by atoms with Crippen LogP contribution in [-0.4, -0.2) is 140 Å². The molecule has 2 aliphatic rings. The topological polar surface area (TPSA) is 228 Å². The first kappa shape index (κ1) is 73.6. The largest absolute Gasteiger partial charge is 0.394 e. The lowest BCUT2D eigenvalue weighted by Crippen LogP contribution is -2.65. The monoisotopic (exact) mass is 1130 g/mol. The summed E-state index contributed by atoms with van der Waals surface area (Å²) in [6.45, 7) is 2.82. The summed E-state index contributed by atoms with van der Waals surface area (Å²) >= 11 is 0. The van der Waals surface area contributed by atoms with Gasteiger partial charge in [-0.15, -0.1) is 0 Å². The van der Waals surface area contributed by atoms with Crippen molar-refractivity contribution in [2.24, 2.45) is 0 Å². The molecule has 9 N–H and O–H groups in total. The van der Waals surface area contributed by atoms with E-state index in [0.717, 1.165) is 32.1 Å². The first-order valence-corrected chi connectivity index (χ1v) is 33.1. The van der Waals surface area contributed by atoms with Crippen molar-refractivity contribution in [3.8, 4) is 0 Å². The van der Waals surface area contributed by atoms with Gasteiger partial charge >= 0.3 is 0 Å². The van der Waals surface area contributed by atoms with Gasteiger partial charge in [-0.2, -0.15) is 0 Å². The van der Waals surface area contributed by atoms with Gasteiger partial charge in [0.15, 0.2) is 12.6 Å². The number of nitrogens with one attached hydrogen (secondary N) is 1. The highest BCUT2D eigenvalue weighted by atomic mass is 16.7. The van der Waals surface area contributed by atoms with Crippen LogP contribution in [0.4, 0.5) is 0 Å². The third-order valence-corrected chi connectivity index (χ3v) is 16.4. The number of carbonyl (C=O) groups excluding carboxylic acids is 1. The van der Waals surface area contributed by atoms with Crippen molar-refractivity contribution in [2.75, 3.05) is 19.8 Å². The second-order valence-electron chi connectivity index (χ2n) is 23.6. The number of unbranched alkanes of at least 4 members (excludes halogenated alkanes) is 39. The molecule has 0 aromatic heterocycles. The van der Waals surface area contributed by atoms with Crippen molar-refractivity contribution < 1.29 is 64.6 Å². The zero-order valence-electron chi connectivity index (χ0n) is 50.4. The number of carbonyl (C=O) groups is 1. The first-order valence-electron chi connectivity index (χ1n) is 33.1. The summed E-state index contributed by atoms with van der Waals surface area (Å²) < 4.78 is 22.8. The fourth-order valence-electron chi connectivity index (χ4n) is 11.1. The van der Waals surface area contributed by atoms with Gasteiger partial charge < -0.3 is 65.1 Å². The van der Waals surface area contributed by atoms with Crippen LogP contribution in [0.1, 0.15) is 290 Å². The van der Waals surface area contributed by atoms with Crippen molar-refractivity contribution in [3.63, 3.8) is 0 Å². The lowest BCUT2D eigenvalue weighted by molar-refractivity contribution is -0.359. The standard InChI is InChI=1S/C65H123NO13/c1-3-5-7-9-11-13-15-17-19-21-23-24-25-26-27-28-29-30-31-33-35-37-39-41-43-45-47-49-57(70)66-53(54(69)48-46-44-42-40-38-36-34-32-22-20-18-16-14-12-10-8-6-4-2)52-76-64-62(75)60(73)63(56(51-68)78-64)79-65-61(74)59(72)58(71)55(50-67)77-65/h38,40,46,48,53-56,58-65,67-69,71-75H,3-37,39,41-45,47,49-52H2,1-2H3,(H,66,70)/b40-38+,48-46+. The summed E-state index contributed by atoms with van der Waals surface area (Å²) in [6, 6.07) is -0.928. The molecule has 466 valence electrons. The maximum atomic E-state index is 13.3. The van der Waals surface area contributed by atoms with E-state index >= 15 is 0 Å². The molecule has 2 fully saturated rings. The quantitative estimate of drug-likeness (QED) is 0.0204. The van der Waals surface area contributed by atoms with Crippen molar-refractivity contribution in [1.29, 1.82) is 0 Å². The molecule has 14 heteroatoms. The smallest absolute Gasteiger partial charge is 0.220 e. The predicted octanol–water partition coefficient (Wildman–Crippen LogP) is 12.4. The average Bonchev–Trinajstić information content (AvgIpc) is 3.47. The molecule has 12 unspecified atom stereocenters. The summed E-state index contributed by atoms with van der Waals surface area (Å²) in [5, 5.41) is 87.2. The molecule has 0 spiro atoms. The minimum atomic E-state index is -1.79. The van der Waals surface area contributed by atoms with Gasteiger partial charge in [-0.1, -0.05) is 276 Å². The second kappa shape index (κ2) is 50.9. The van der Waals surface area contributed by atoms with E-state index in [1.54, 1.807) is 6.08 Å². The summed E-state index contributed by atoms with van der Waals surface area (Å²) in [5.74, 6) is -0.243. The van der Waals surface area contributed by atoms with Gasteiger partial charge in [-0.05, 0) is 32.1 Å². The highest BCUT2D eigenvalue weighted by molar-refractivity contribution is 5.76. The molecule has 2 aliphatic heterocycles. The van der Waals surface area contributed by atoms with Crippen molar-refractivity contribution in [1.82, 2.24) is 5.32 Å². The maximum absolute atomic E-state index is 13.3. The number of hydrogen-bond donors (Lipinski definition) is 9. The van der Waals surface area contributed by atoms with Crippen LogP contribution < -0.4 is 5.32 Å². The fraction of sp³-hybridized carbons (Fsp3) is 0.923. The minimum absolute atomic E-state index is 0.243. The van der Waals surface area contributed by atoms with Crippen LogP contribution in [0.5, 0.6) is 0 Å². The van der Waals surface area contributed by atoms with E-state index < -0.39 is 86.8 Å². The van der Waals surface area contributed by atoms with Gasteiger partial charge in [0.1, 0.15) is 48.8 Å². The van der Waals surface area contributed by atoms with E-state index in [0.29, 0.717) is 12.8 Å². The van der Waals surface area contributed by atoms with Crippen LogP contribution in [-0.2, 0) is 23.7 Å². The highest BCUT2D eigenvalue weighted by Crippen LogP contribution is 2.30. The molecule has 2 saturated heterocycles. The Kier molecular flexibility index (Phi) is 47.4. The summed E-state index contributed by atoms with van der Waals surface area (Å²) in [5.41, 5.74) is 0. The number of aliphatic hydroxyl groups excluding tert-OH is 8. The molecule has 0 aromatic rings. The van der Waals surface area contributed by atoms with Gasteiger partial charge in [0, 0.05) is 6.42 Å². The predicted molar refractivity (Wildman–Crippen MR) is 318 cm³/mol. The molecule has 0 radical (unpaired) electrons. The molecule has 79 heavy (non-hydrogen) atoms. The fourth-order valence-corrected chi connectivity index (χ4v) is 11.1. The second-order valence-corrected chi connectivity index (χ2v) is 23.6. The maximum Gasteiger partial charge on any atom is 0.220 e. The Bertz CT molecular complexity index is 1420.